The summed E-state index contributed by atoms with van der Waals surface area (Å²) in [5.74, 6) is 0.587. The molecule has 1 aromatic rings. The van der Waals surface area contributed by atoms with Crippen LogP contribution in [-0.2, 0) is 16.1 Å². The lowest BCUT2D eigenvalue weighted by Crippen LogP contribution is -2.24. The van der Waals surface area contributed by atoms with E-state index < -0.39 is 6.10 Å². The second-order valence-electron chi connectivity index (χ2n) is 4.30. The van der Waals surface area contributed by atoms with Crippen LogP contribution in [0.2, 0.25) is 0 Å². The molecule has 1 atom stereocenters. The summed E-state index contributed by atoms with van der Waals surface area (Å²) in [6.07, 6.45) is -0.704. The molecule has 2 N–H and O–H groups in total. The lowest BCUT2D eigenvalue weighted by Gasteiger charge is -2.15. The predicted octanol–water partition coefficient (Wildman–Crippen LogP) is 0.890. The van der Waals surface area contributed by atoms with Gasteiger partial charge in [-0.15, -0.1) is 0 Å². The van der Waals surface area contributed by atoms with Gasteiger partial charge >= 0.3 is 0 Å². The molecule has 1 rings (SSSR count). The average molecular weight is 270 g/mol. The lowest BCUT2D eigenvalue weighted by molar-refractivity contribution is -0.00445. The van der Waals surface area contributed by atoms with E-state index in [0.29, 0.717) is 24.5 Å². The Bertz CT molecular complexity index is 367. The minimum atomic E-state index is -0.704. The van der Waals surface area contributed by atoms with Crippen LogP contribution in [0.25, 0.3) is 0 Å². The molecule has 0 bridgehead atoms. The van der Waals surface area contributed by atoms with E-state index in [1.54, 1.807) is 13.2 Å². The van der Waals surface area contributed by atoms with Gasteiger partial charge in [-0.3, -0.25) is 0 Å². The van der Waals surface area contributed by atoms with Crippen LogP contribution in [0, 0.1) is 6.92 Å². The Morgan fingerprint density at radius 3 is 2.68 bits per heavy atom. The second kappa shape index (κ2) is 8.87. The summed E-state index contributed by atoms with van der Waals surface area (Å²) in [6.45, 7) is 3.13. The van der Waals surface area contributed by atoms with Crippen molar-refractivity contribution in [2.75, 3.05) is 33.5 Å². The van der Waals surface area contributed by atoms with Gasteiger partial charge in [0.25, 0.3) is 0 Å². The Kier molecular flexibility index (Phi) is 7.43. The summed E-state index contributed by atoms with van der Waals surface area (Å²) in [4.78, 5) is 0. The smallest absolute Gasteiger partial charge is 0.124 e. The van der Waals surface area contributed by atoms with E-state index in [1.807, 2.05) is 19.1 Å². The molecule has 0 aliphatic heterocycles. The topological polar surface area (TPSA) is 68.2 Å². The third kappa shape index (κ3) is 6.02. The largest absolute Gasteiger partial charge is 0.490 e. The summed E-state index contributed by atoms with van der Waals surface area (Å²) < 4.78 is 15.5. The van der Waals surface area contributed by atoms with Gasteiger partial charge in [0.15, 0.2) is 0 Å². The van der Waals surface area contributed by atoms with Gasteiger partial charge < -0.3 is 24.4 Å². The van der Waals surface area contributed by atoms with Crippen LogP contribution >= 0.6 is 0 Å². The number of aryl methyl sites for hydroxylation is 1. The van der Waals surface area contributed by atoms with E-state index in [1.165, 1.54) is 0 Å². The van der Waals surface area contributed by atoms with E-state index in [-0.39, 0.29) is 19.8 Å². The predicted molar refractivity (Wildman–Crippen MR) is 71.3 cm³/mol. The van der Waals surface area contributed by atoms with Crippen molar-refractivity contribution in [2.24, 2.45) is 0 Å². The first-order chi connectivity index (χ1) is 9.17. The molecule has 0 aliphatic rings. The monoisotopic (exact) mass is 270 g/mol. The first-order valence-electron chi connectivity index (χ1n) is 6.25. The van der Waals surface area contributed by atoms with E-state index in [4.69, 9.17) is 14.2 Å². The molecule has 19 heavy (non-hydrogen) atoms. The third-order valence-electron chi connectivity index (χ3n) is 2.56. The molecule has 1 unspecified atom stereocenters. The summed E-state index contributed by atoms with van der Waals surface area (Å²) >= 11 is 0. The molecule has 0 aliphatic carbocycles. The zero-order valence-electron chi connectivity index (χ0n) is 11.5. The van der Waals surface area contributed by atoms with Gasteiger partial charge in [-0.2, -0.15) is 0 Å². The molecular formula is C14H22O5. The average Bonchev–Trinajstić information content (AvgIpc) is 2.42. The Balaban J connectivity index is 2.35. The van der Waals surface area contributed by atoms with Gasteiger partial charge in [0.05, 0.1) is 26.4 Å². The minimum absolute atomic E-state index is 0.0859. The molecule has 5 heteroatoms. The summed E-state index contributed by atoms with van der Waals surface area (Å²) in [7, 11) is 1.59. The molecule has 108 valence electrons. The normalized spacial score (nSPS) is 12.4. The molecule has 0 saturated heterocycles. The molecule has 0 aromatic heterocycles. The fourth-order valence-corrected chi connectivity index (χ4v) is 1.57. The molecule has 0 spiro atoms. The third-order valence-corrected chi connectivity index (χ3v) is 2.56. The maximum absolute atomic E-state index is 9.67. The zero-order chi connectivity index (χ0) is 14.1. The molecule has 0 heterocycles. The van der Waals surface area contributed by atoms with Crippen LogP contribution < -0.4 is 4.74 Å². The highest BCUT2D eigenvalue weighted by Crippen LogP contribution is 2.20. The first-order valence-corrected chi connectivity index (χ1v) is 6.25. The van der Waals surface area contributed by atoms with Crippen LogP contribution in [0.15, 0.2) is 18.2 Å². The Morgan fingerprint density at radius 1 is 1.21 bits per heavy atom. The lowest BCUT2D eigenvalue weighted by atomic mass is 10.1. The van der Waals surface area contributed by atoms with Crippen molar-refractivity contribution in [3.8, 4) is 5.75 Å². The van der Waals surface area contributed by atoms with Crippen molar-refractivity contribution in [2.45, 2.75) is 19.6 Å². The van der Waals surface area contributed by atoms with Gasteiger partial charge in [0.2, 0.25) is 0 Å². The number of hydrogen-bond donors (Lipinski definition) is 2. The van der Waals surface area contributed by atoms with Crippen LogP contribution in [0.1, 0.15) is 11.1 Å². The van der Waals surface area contributed by atoms with Gasteiger partial charge in [0.1, 0.15) is 18.5 Å². The molecule has 0 saturated carbocycles. The number of ether oxygens (including phenoxy) is 3. The molecule has 1 aromatic carbocycles. The standard InChI is InChI=1S/C14H22O5/c1-11-3-4-14(12(7-11)8-15)19-10-13(16)9-18-6-5-17-2/h3-4,7,13,15-16H,5-6,8-10H2,1-2H3. The SMILES string of the molecule is COCCOCC(O)COc1ccc(C)cc1CO. The van der Waals surface area contributed by atoms with Crippen molar-refractivity contribution >= 4 is 0 Å². The number of benzene rings is 1. The van der Waals surface area contributed by atoms with Gasteiger partial charge in [-0.05, 0) is 13.0 Å². The number of rotatable bonds is 9. The highest BCUT2D eigenvalue weighted by Gasteiger charge is 2.08. The van der Waals surface area contributed by atoms with Gasteiger partial charge in [0, 0.05) is 12.7 Å². The number of methoxy groups -OCH3 is 1. The molecular weight excluding hydrogens is 248 g/mol. The second-order valence-corrected chi connectivity index (χ2v) is 4.30. The van der Waals surface area contributed by atoms with Crippen LogP contribution in [-0.4, -0.2) is 49.9 Å². The van der Waals surface area contributed by atoms with E-state index >= 15 is 0 Å². The zero-order valence-corrected chi connectivity index (χ0v) is 11.5. The first kappa shape index (κ1) is 15.9. The van der Waals surface area contributed by atoms with E-state index in [0.717, 1.165) is 5.56 Å². The maximum Gasteiger partial charge on any atom is 0.124 e. The van der Waals surface area contributed by atoms with Crippen molar-refractivity contribution < 1.29 is 24.4 Å². The van der Waals surface area contributed by atoms with E-state index in [2.05, 4.69) is 0 Å². The van der Waals surface area contributed by atoms with Gasteiger partial charge in [-0.25, -0.2) is 0 Å². The molecule has 0 radical (unpaired) electrons. The van der Waals surface area contributed by atoms with Crippen LogP contribution in [0.4, 0.5) is 0 Å². The number of aliphatic hydroxyl groups excluding tert-OH is 2. The molecule has 0 amide bonds. The van der Waals surface area contributed by atoms with Crippen molar-refractivity contribution in [1.82, 2.24) is 0 Å². The Labute approximate surface area is 113 Å². The maximum atomic E-state index is 9.67. The minimum Gasteiger partial charge on any atom is -0.490 e. The highest BCUT2D eigenvalue weighted by molar-refractivity contribution is 5.36. The summed E-state index contributed by atoms with van der Waals surface area (Å²) in [5.41, 5.74) is 1.77. The van der Waals surface area contributed by atoms with Crippen LogP contribution in [0.3, 0.4) is 0 Å². The highest BCUT2D eigenvalue weighted by atomic mass is 16.5. The van der Waals surface area contributed by atoms with Crippen LogP contribution in [0.5, 0.6) is 5.75 Å². The fourth-order valence-electron chi connectivity index (χ4n) is 1.57. The Morgan fingerprint density at radius 2 is 2.00 bits per heavy atom. The Hall–Kier alpha value is -1.14. The molecule has 5 nitrogen and oxygen atoms in total. The van der Waals surface area contributed by atoms with E-state index in [9.17, 15) is 10.2 Å². The quantitative estimate of drug-likeness (QED) is 0.652. The van der Waals surface area contributed by atoms with Crippen molar-refractivity contribution in [3.05, 3.63) is 29.3 Å². The summed E-state index contributed by atoms with van der Waals surface area (Å²) in [6, 6.07) is 5.55. The molecule has 0 fully saturated rings. The van der Waals surface area contributed by atoms with Crippen molar-refractivity contribution in [1.29, 1.82) is 0 Å². The van der Waals surface area contributed by atoms with Crippen molar-refractivity contribution in [3.63, 3.8) is 0 Å². The number of hydrogen-bond acceptors (Lipinski definition) is 5. The number of aliphatic hydroxyl groups is 2. The van der Waals surface area contributed by atoms with Gasteiger partial charge in [-0.1, -0.05) is 17.7 Å². The summed E-state index contributed by atoms with van der Waals surface area (Å²) in [5, 5.41) is 18.9. The fraction of sp³-hybridized carbons (Fsp3) is 0.571.